The Hall–Kier alpha value is -0.280. The molecule has 4 heteroatoms. The summed E-state index contributed by atoms with van der Waals surface area (Å²) in [4.78, 5) is 14.5. The fraction of sp³-hybridized carbons (Fsp3) is 0.800. The van der Waals surface area contributed by atoms with Crippen LogP contribution in [0.4, 0.5) is 0 Å². The molecule has 1 aliphatic rings. The Morgan fingerprint density at radius 2 is 2.11 bits per heavy atom. The third kappa shape index (κ3) is 1.84. The molecule has 0 aromatic carbocycles. The van der Waals surface area contributed by atoms with E-state index in [0.717, 1.165) is 19.3 Å². The quantitative estimate of drug-likeness (QED) is 0.560. The molecular weight excluding hydrogens is 142 g/mol. The number of carbonyl (C=O) groups excluding carboxylic acids is 1. The smallest absolute Gasteiger partial charge is 0.327 e. The first-order chi connectivity index (χ1) is 3.84. The van der Waals surface area contributed by atoms with E-state index in [9.17, 15) is 4.79 Å². The lowest BCUT2D eigenvalue weighted by Gasteiger charge is -2.21. The van der Waals surface area contributed by atoms with Gasteiger partial charge in [-0.25, -0.2) is 0 Å². The minimum Gasteiger partial charge on any atom is -0.373 e. The Bertz CT molecular complexity index is 103. The molecule has 0 aromatic heterocycles. The summed E-state index contributed by atoms with van der Waals surface area (Å²) in [6.45, 7) is 0. The fourth-order valence-electron chi connectivity index (χ4n) is 0.740. The lowest BCUT2D eigenvalue weighted by molar-refractivity contribution is -0.151. The number of rotatable bonds is 1. The molecule has 0 atom stereocenters. The molecule has 1 rings (SSSR count). The van der Waals surface area contributed by atoms with Crippen LogP contribution in [-0.2, 0) is 9.63 Å². The Kier molecular flexibility index (Phi) is 3.58. The third-order valence-electron chi connectivity index (χ3n) is 1.55. The summed E-state index contributed by atoms with van der Waals surface area (Å²) >= 11 is 0. The highest BCUT2D eigenvalue weighted by Crippen LogP contribution is 2.26. The predicted octanol–water partition coefficient (Wildman–Crippen LogP) is 0.625. The topological polar surface area (TPSA) is 52.3 Å². The van der Waals surface area contributed by atoms with Crippen LogP contribution in [0, 0.1) is 5.92 Å². The highest BCUT2D eigenvalue weighted by atomic mass is 35.5. The van der Waals surface area contributed by atoms with Gasteiger partial charge in [-0.15, -0.1) is 12.4 Å². The van der Waals surface area contributed by atoms with Gasteiger partial charge in [-0.05, 0) is 12.8 Å². The maximum atomic E-state index is 10.4. The standard InChI is InChI=1S/C5H9NO2.ClH/c6-8-5(7)4-2-1-3-4;/h4H,1-3,6H2;1H. The first-order valence-corrected chi connectivity index (χ1v) is 2.75. The van der Waals surface area contributed by atoms with Gasteiger partial charge in [0.25, 0.3) is 0 Å². The van der Waals surface area contributed by atoms with Crippen molar-refractivity contribution in [3.05, 3.63) is 0 Å². The molecule has 0 amide bonds. The summed E-state index contributed by atoms with van der Waals surface area (Å²) in [5.74, 6) is 4.49. The van der Waals surface area contributed by atoms with Crippen LogP contribution in [0.5, 0.6) is 0 Å². The minimum absolute atomic E-state index is 0. The number of halogens is 1. The van der Waals surface area contributed by atoms with Crippen molar-refractivity contribution in [1.82, 2.24) is 0 Å². The van der Waals surface area contributed by atoms with Gasteiger partial charge in [-0.2, -0.15) is 5.90 Å². The molecule has 1 fully saturated rings. The van der Waals surface area contributed by atoms with Crippen LogP contribution in [0.15, 0.2) is 0 Å². The van der Waals surface area contributed by atoms with E-state index in [2.05, 4.69) is 10.7 Å². The van der Waals surface area contributed by atoms with Gasteiger partial charge in [0.1, 0.15) is 0 Å². The van der Waals surface area contributed by atoms with Crippen molar-refractivity contribution in [2.45, 2.75) is 19.3 Å². The summed E-state index contributed by atoms with van der Waals surface area (Å²) in [7, 11) is 0. The van der Waals surface area contributed by atoms with E-state index in [-0.39, 0.29) is 24.3 Å². The van der Waals surface area contributed by atoms with E-state index in [1.165, 1.54) is 0 Å². The number of hydrogen-bond donors (Lipinski definition) is 1. The zero-order valence-electron chi connectivity index (χ0n) is 5.00. The second-order valence-electron chi connectivity index (χ2n) is 2.06. The number of nitrogens with two attached hydrogens (primary N) is 1. The summed E-state index contributed by atoms with van der Waals surface area (Å²) in [6, 6.07) is 0. The Morgan fingerprint density at radius 1 is 1.56 bits per heavy atom. The average Bonchev–Trinajstić information content (AvgIpc) is 1.62. The maximum absolute atomic E-state index is 10.4. The van der Waals surface area contributed by atoms with Gasteiger partial charge in [0.05, 0.1) is 5.92 Å². The fourth-order valence-corrected chi connectivity index (χ4v) is 0.740. The van der Waals surface area contributed by atoms with E-state index in [1.807, 2.05) is 0 Å². The summed E-state index contributed by atoms with van der Waals surface area (Å²) in [6.07, 6.45) is 3.05. The van der Waals surface area contributed by atoms with Crippen molar-refractivity contribution in [3.63, 3.8) is 0 Å². The van der Waals surface area contributed by atoms with E-state index < -0.39 is 0 Å². The SMILES string of the molecule is Cl.NOC(=O)C1CCC1. The number of hydrogen-bond acceptors (Lipinski definition) is 3. The molecule has 54 valence electrons. The van der Waals surface area contributed by atoms with Crippen LogP contribution in [-0.4, -0.2) is 5.97 Å². The summed E-state index contributed by atoms with van der Waals surface area (Å²) in [5.41, 5.74) is 0. The summed E-state index contributed by atoms with van der Waals surface area (Å²) < 4.78 is 0. The van der Waals surface area contributed by atoms with E-state index in [1.54, 1.807) is 0 Å². The molecule has 0 unspecified atom stereocenters. The van der Waals surface area contributed by atoms with E-state index >= 15 is 0 Å². The summed E-state index contributed by atoms with van der Waals surface area (Å²) in [5, 5.41) is 0. The molecule has 0 radical (unpaired) electrons. The van der Waals surface area contributed by atoms with E-state index in [0.29, 0.717) is 0 Å². The zero-order valence-corrected chi connectivity index (χ0v) is 5.82. The second kappa shape index (κ2) is 3.69. The first-order valence-electron chi connectivity index (χ1n) is 2.75. The Labute approximate surface area is 59.9 Å². The lowest BCUT2D eigenvalue weighted by Crippen LogP contribution is -2.26. The van der Waals surface area contributed by atoms with Gasteiger partial charge in [0, 0.05) is 0 Å². The van der Waals surface area contributed by atoms with Crippen molar-refractivity contribution in [3.8, 4) is 0 Å². The molecular formula is C5H10ClNO2. The highest BCUT2D eigenvalue weighted by molar-refractivity contribution is 5.85. The van der Waals surface area contributed by atoms with Crippen molar-refractivity contribution in [2.75, 3.05) is 0 Å². The predicted molar refractivity (Wildman–Crippen MR) is 34.9 cm³/mol. The second-order valence-corrected chi connectivity index (χ2v) is 2.06. The first kappa shape index (κ1) is 8.72. The molecule has 3 nitrogen and oxygen atoms in total. The Balaban J connectivity index is 0.000000640. The van der Waals surface area contributed by atoms with Crippen LogP contribution in [0.25, 0.3) is 0 Å². The van der Waals surface area contributed by atoms with Crippen molar-refractivity contribution >= 4 is 18.4 Å². The molecule has 1 saturated carbocycles. The molecule has 1 aliphatic carbocycles. The zero-order chi connectivity index (χ0) is 5.98. The maximum Gasteiger partial charge on any atom is 0.327 e. The van der Waals surface area contributed by atoms with Crippen molar-refractivity contribution in [1.29, 1.82) is 0 Å². The molecule has 9 heavy (non-hydrogen) atoms. The van der Waals surface area contributed by atoms with E-state index in [4.69, 9.17) is 0 Å². The van der Waals surface area contributed by atoms with Crippen LogP contribution < -0.4 is 5.90 Å². The van der Waals surface area contributed by atoms with Crippen LogP contribution >= 0.6 is 12.4 Å². The average molecular weight is 152 g/mol. The largest absolute Gasteiger partial charge is 0.373 e. The molecule has 0 spiro atoms. The van der Waals surface area contributed by atoms with Gasteiger partial charge in [0.15, 0.2) is 0 Å². The molecule has 0 aliphatic heterocycles. The van der Waals surface area contributed by atoms with Gasteiger partial charge < -0.3 is 4.84 Å². The highest BCUT2D eigenvalue weighted by Gasteiger charge is 2.25. The van der Waals surface area contributed by atoms with Gasteiger partial charge in [-0.3, -0.25) is 4.79 Å². The normalized spacial score (nSPS) is 17.4. The molecule has 2 N–H and O–H groups in total. The third-order valence-corrected chi connectivity index (χ3v) is 1.55. The van der Waals surface area contributed by atoms with Crippen LogP contribution in [0.2, 0.25) is 0 Å². The van der Waals surface area contributed by atoms with Gasteiger partial charge in [-0.1, -0.05) is 6.42 Å². The molecule has 0 heterocycles. The van der Waals surface area contributed by atoms with Crippen molar-refractivity contribution < 1.29 is 9.63 Å². The van der Waals surface area contributed by atoms with Crippen LogP contribution in [0.3, 0.4) is 0 Å². The minimum atomic E-state index is -0.253. The lowest BCUT2D eigenvalue weighted by atomic mass is 9.86. The molecule has 0 aromatic rings. The monoisotopic (exact) mass is 151 g/mol. The molecule has 0 bridgehead atoms. The Morgan fingerprint density at radius 3 is 2.22 bits per heavy atom. The number of carbonyl (C=O) groups is 1. The van der Waals surface area contributed by atoms with Crippen LogP contribution in [0.1, 0.15) is 19.3 Å². The van der Waals surface area contributed by atoms with Crippen molar-refractivity contribution in [2.24, 2.45) is 11.8 Å². The molecule has 0 saturated heterocycles. The van der Waals surface area contributed by atoms with Gasteiger partial charge >= 0.3 is 5.97 Å². The van der Waals surface area contributed by atoms with Gasteiger partial charge in [0.2, 0.25) is 0 Å².